The van der Waals surface area contributed by atoms with Gasteiger partial charge in [0.05, 0.1) is 31.1 Å². The molecule has 2 aromatic rings. The van der Waals surface area contributed by atoms with E-state index in [2.05, 4.69) is 5.32 Å². The zero-order valence-electron chi connectivity index (χ0n) is 11.7. The van der Waals surface area contributed by atoms with E-state index in [1.54, 1.807) is 6.07 Å². The Hall–Kier alpha value is -2.43. The van der Waals surface area contributed by atoms with Gasteiger partial charge in [-0.15, -0.1) is 0 Å². The number of benzene rings is 2. The molecule has 1 aliphatic rings. The molecule has 0 saturated carbocycles. The number of methoxy groups -OCH3 is 1. The van der Waals surface area contributed by atoms with Gasteiger partial charge in [0, 0.05) is 24.1 Å². The summed E-state index contributed by atoms with van der Waals surface area (Å²) in [4.78, 5) is 0. The van der Waals surface area contributed by atoms with Crippen LogP contribution in [-0.4, -0.2) is 13.7 Å². The molecule has 0 spiro atoms. The Kier molecular flexibility index (Phi) is 3.56. The van der Waals surface area contributed by atoms with Gasteiger partial charge < -0.3 is 20.5 Å². The average Bonchev–Trinajstić information content (AvgIpc) is 2.50. The smallest absolute Gasteiger partial charge is 0.148 e. The number of halogens is 1. The summed E-state index contributed by atoms with van der Waals surface area (Å²) in [6.07, 6.45) is 0.767. The molecule has 0 bridgehead atoms. The molecular weight excluding hydrogens is 271 g/mol. The standard InChI is InChI=1S/C16H17FN2O2/c1-20-16-9-14(11(17)8-12(16)18)19-13-6-7-21-15-5-3-2-4-10(13)15/h2-5,8-9,13,19H,6-7,18H2,1H3. The maximum absolute atomic E-state index is 14.1. The molecule has 1 aliphatic heterocycles. The lowest BCUT2D eigenvalue weighted by Gasteiger charge is -2.27. The van der Waals surface area contributed by atoms with Crippen molar-refractivity contribution in [3.8, 4) is 11.5 Å². The molecule has 0 fully saturated rings. The van der Waals surface area contributed by atoms with Crippen LogP contribution in [0.25, 0.3) is 0 Å². The highest BCUT2D eigenvalue weighted by atomic mass is 19.1. The van der Waals surface area contributed by atoms with Gasteiger partial charge in [-0.25, -0.2) is 4.39 Å². The molecule has 3 N–H and O–H groups in total. The van der Waals surface area contributed by atoms with Gasteiger partial charge >= 0.3 is 0 Å². The molecule has 1 atom stereocenters. The van der Waals surface area contributed by atoms with Crippen molar-refractivity contribution in [2.45, 2.75) is 12.5 Å². The number of rotatable bonds is 3. The molecule has 2 aromatic carbocycles. The minimum absolute atomic E-state index is 0.00205. The van der Waals surface area contributed by atoms with E-state index in [9.17, 15) is 4.39 Å². The highest BCUT2D eigenvalue weighted by molar-refractivity contribution is 5.63. The van der Waals surface area contributed by atoms with Crippen LogP contribution < -0.4 is 20.5 Å². The first kappa shape index (κ1) is 13.5. The van der Waals surface area contributed by atoms with Crippen LogP contribution in [0.1, 0.15) is 18.0 Å². The van der Waals surface area contributed by atoms with Gasteiger partial charge in [0.25, 0.3) is 0 Å². The number of anilines is 2. The number of hydrogen-bond acceptors (Lipinski definition) is 4. The summed E-state index contributed by atoms with van der Waals surface area (Å²) >= 11 is 0. The maximum atomic E-state index is 14.1. The predicted molar refractivity (Wildman–Crippen MR) is 80.3 cm³/mol. The third-order valence-corrected chi connectivity index (χ3v) is 3.61. The number of nitrogens with one attached hydrogen (secondary N) is 1. The van der Waals surface area contributed by atoms with E-state index in [1.165, 1.54) is 13.2 Å². The quantitative estimate of drug-likeness (QED) is 0.850. The summed E-state index contributed by atoms with van der Waals surface area (Å²) in [5.41, 5.74) is 7.39. The molecule has 110 valence electrons. The molecule has 5 heteroatoms. The van der Waals surface area contributed by atoms with E-state index in [-0.39, 0.29) is 11.7 Å². The molecule has 0 radical (unpaired) electrons. The van der Waals surface area contributed by atoms with E-state index >= 15 is 0 Å². The third kappa shape index (κ3) is 2.59. The second-order valence-electron chi connectivity index (χ2n) is 4.95. The summed E-state index contributed by atoms with van der Waals surface area (Å²) in [6, 6.07) is 10.6. The van der Waals surface area contributed by atoms with Gasteiger partial charge in [-0.3, -0.25) is 0 Å². The van der Waals surface area contributed by atoms with E-state index in [0.717, 1.165) is 17.7 Å². The lowest BCUT2D eigenvalue weighted by molar-refractivity contribution is 0.274. The van der Waals surface area contributed by atoms with Crippen LogP contribution in [-0.2, 0) is 0 Å². The second-order valence-corrected chi connectivity index (χ2v) is 4.95. The fourth-order valence-corrected chi connectivity index (χ4v) is 2.54. The predicted octanol–water partition coefficient (Wildman–Crippen LogP) is 3.35. The Morgan fingerprint density at radius 2 is 2.14 bits per heavy atom. The Bertz CT molecular complexity index is 661. The fourth-order valence-electron chi connectivity index (χ4n) is 2.54. The van der Waals surface area contributed by atoms with Crippen LogP contribution in [0.3, 0.4) is 0 Å². The number of ether oxygens (including phenoxy) is 2. The van der Waals surface area contributed by atoms with Gasteiger partial charge in [0.1, 0.15) is 17.3 Å². The highest BCUT2D eigenvalue weighted by Gasteiger charge is 2.22. The Morgan fingerprint density at radius 3 is 2.95 bits per heavy atom. The van der Waals surface area contributed by atoms with E-state index in [4.69, 9.17) is 15.2 Å². The topological polar surface area (TPSA) is 56.5 Å². The second kappa shape index (κ2) is 5.52. The summed E-state index contributed by atoms with van der Waals surface area (Å²) in [7, 11) is 1.51. The van der Waals surface area contributed by atoms with Gasteiger partial charge in [-0.2, -0.15) is 0 Å². The van der Waals surface area contributed by atoms with Crippen molar-refractivity contribution in [3.63, 3.8) is 0 Å². The highest BCUT2D eigenvalue weighted by Crippen LogP contribution is 2.36. The Labute approximate surface area is 122 Å². The van der Waals surface area contributed by atoms with Crippen molar-refractivity contribution < 1.29 is 13.9 Å². The number of nitrogen functional groups attached to an aromatic ring is 1. The number of nitrogens with two attached hydrogens (primary N) is 1. The largest absolute Gasteiger partial charge is 0.495 e. The average molecular weight is 288 g/mol. The lowest BCUT2D eigenvalue weighted by atomic mass is 10.00. The van der Waals surface area contributed by atoms with Gasteiger partial charge in [-0.05, 0) is 6.07 Å². The molecule has 0 aliphatic carbocycles. The van der Waals surface area contributed by atoms with Gasteiger partial charge in [0.15, 0.2) is 0 Å². The van der Waals surface area contributed by atoms with Gasteiger partial charge in [0.2, 0.25) is 0 Å². The van der Waals surface area contributed by atoms with Crippen molar-refractivity contribution in [2.24, 2.45) is 0 Å². The third-order valence-electron chi connectivity index (χ3n) is 3.61. The lowest BCUT2D eigenvalue weighted by Crippen LogP contribution is -2.20. The van der Waals surface area contributed by atoms with Crippen molar-refractivity contribution in [1.82, 2.24) is 0 Å². The number of hydrogen-bond donors (Lipinski definition) is 2. The molecule has 21 heavy (non-hydrogen) atoms. The van der Waals surface area contributed by atoms with Crippen LogP contribution in [0, 0.1) is 5.82 Å². The first-order valence-electron chi connectivity index (χ1n) is 6.80. The maximum Gasteiger partial charge on any atom is 0.148 e. The Balaban J connectivity index is 1.91. The Morgan fingerprint density at radius 1 is 1.33 bits per heavy atom. The van der Waals surface area contributed by atoms with Crippen LogP contribution in [0.15, 0.2) is 36.4 Å². The summed E-state index contributed by atoms with van der Waals surface area (Å²) in [6.45, 7) is 0.600. The molecule has 0 aromatic heterocycles. The minimum Gasteiger partial charge on any atom is -0.495 e. The molecular formula is C16H17FN2O2. The monoisotopic (exact) mass is 288 g/mol. The van der Waals surface area contributed by atoms with Crippen LogP contribution in [0.2, 0.25) is 0 Å². The normalized spacial score (nSPS) is 16.8. The van der Waals surface area contributed by atoms with E-state index in [1.807, 2.05) is 24.3 Å². The van der Waals surface area contributed by atoms with Crippen molar-refractivity contribution in [1.29, 1.82) is 0 Å². The van der Waals surface area contributed by atoms with Crippen LogP contribution in [0.5, 0.6) is 11.5 Å². The van der Waals surface area contributed by atoms with Crippen molar-refractivity contribution in [3.05, 3.63) is 47.8 Å². The summed E-state index contributed by atoms with van der Waals surface area (Å²) in [5, 5.41) is 3.22. The van der Waals surface area contributed by atoms with E-state index < -0.39 is 5.82 Å². The molecule has 0 saturated heterocycles. The molecule has 1 heterocycles. The first-order chi connectivity index (χ1) is 10.2. The van der Waals surface area contributed by atoms with Crippen LogP contribution >= 0.6 is 0 Å². The minimum atomic E-state index is -0.391. The number of fused-ring (bicyclic) bond motifs is 1. The molecule has 4 nitrogen and oxygen atoms in total. The zero-order chi connectivity index (χ0) is 14.8. The molecule has 3 rings (SSSR count). The molecule has 1 unspecified atom stereocenters. The fraction of sp³-hybridized carbons (Fsp3) is 0.250. The zero-order valence-corrected chi connectivity index (χ0v) is 11.7. The van der Waals surface area contributed by atoms with Crippen molar-refractivity contribution >= 4 is 11.4 Å². The van der Waals surface area contributed by atoms with Gasteiger partial charge in [-0.1, -0.05) is 18.2 Å². The molecule has 0 amide bonds. The summed E-state index contributed by atoms with van der Waals surface area (Å²) < 4.78 is 24.8. The first-order valence-corrected chi connectivity index (χ1v) is 6.80. The SMILES string of the molecule is COc1cc(NC2CCOc3ccccc32)c(F)cc1N. The van der Waals surface area contributed by atoms with E-state index in [0.29, 0.717) is 18.0 Å². The summed E-state index contributed by atoms with van der Waals surface area (Å²) in [5.74, 6) is 0.903. The van der Waals surface area contributed by atoms with Crippen LogP contribution in [0.4, 0.5) is 15.8 Å². The number of para-hydroxylation sites is 1. The van der Waals surface area contributed by atoms with Crippen molar-refractivity contribution in [2.75, 3.05) is 24.8 Å².